The van der Waals surface area contributed by atoms with Crippen molar-refractivity contribution in [1.82, 2.24) is 0 Å². The molecule has 38 heavy (non-hydrogen) atoms. The lowest BCUT2D eigenvalue weighted by Gasteiger charge is -2.15. The Morgan fingerprint density at radius 3 is 2.21 bits per heavy atom. The molecule has 0 saturated carbocycles. The summed E-state index contributed by atoms with van der Waals surface area (Å²) in [5.41, 5.74) is 3.97. The summed E-state index contributed by atoms with van der Waals surface area (Å²) in [4.78, 5) is 0. The van der Waals surface area contributed by atoms with Crippen molar-refractivity contribution < 1.29 is 18.9 Å². The van der Waals surface area contributed by atoms with Crippen LogP contribution in [0.3, 0.4) is 0 Å². The van der Waals surface area contributed by atoms with Crippen molar-refractivity contribution in [3.63, 3.8) is 0 Å². The zero-order chi connectivity index (χ0) is 26.9. The second-order valence-electron chi connectivity index (χ2n) is 8.26. The van der Waals surface area contributed by atoms with E-state index >= 15 is 0 Å². The first-order valence-electron chi connectivity index (χ1n) is 11.7. The maximum absolute atomic E-state index is 9.69. The van der Waals surface area contributed by atoms with E-state index in [1.165, 1.54) is 0 Å². The monoisotopic (exact) mass is 589 g/mol. The molecule has 0 amide bonds. The smallest absolute Gasteiger partial charge is 0.180 e. The van der Waals surface area contributed by atoms with Gasteiger partial charge in [-0.25, -0.2) is 0 Å². The van der Waals surface area contributed by atoms with Gasteiger partial charge in [0.25, 0.3) is 0 Å². The molecule has 0 radical (unpaired) electrons. The number of hydrogen-bond acceptors (Lipinski definition) is 5. The number of benzene rings is 4. The molecule has 0 spiro atoms. The van der Waals surface area contributed by atoms with E-state index in [-0.39, 0.29) is 6.61 Å². The molecule has 0 saturated heterocycles. The number of allylic oxidation sites excluding steroid dienone is 1. The summed E-state index contributed by atoms with van der Waals surface area (Å²) in [6.45, 7) is 0.679. The number of nitrogens with zero attached hydrogens (tertiary/aromatic N) is 1. The summed E-state index contributed by atoms with van der Waals surface area (Å²) in [5, 5.41) is 10.1. The van der Waals surface area contributed by atoms with Gasteiger partial charge in [-0.3, -0.25) is 0 Å². The number of nitriles is 1. The van der Waals surface area contributed by atoms with Crippen molar-refractivity contribution in [3.05, 3.63) is 117 Å². The normalized spacial score (nSPS) is 11.0. The summed E-state index contributed by atoms with van der Waals surface area (Å²) < 4.78 is 24.0. The Labute approximate surface area is 235 Å². The van der Waals surface area contributed by atoms with Gasteiger partial charge in [0.2, 0.25) is 0 Å². The van der Waals surface area contributed by atoms with Crippen LogP contribution in [0.1, 0.15) is 22.3 Å². The quantitative estimate of drug-likeness (QED) is 0.137. The summed E-state index contributed by atoms with van der Waals surface area (Å²) in [6, 6.07) is 28.9. The van der Waals surface area contributed by atoms with Crippen LogP contribution in [0.5, 0.6) is 23.0 Å². The van der Waals surface area contributed by atoms with E-state index in [4.69, 9.17) is 30.5 Å². The largest absolute Gasteiger partial charge is 0.493 e. The van der Waals surface area contributed by atoms with Gasteiger partial charge in [-0.15, -0.1) is 0 Å². The SMILES string of the molecule is COc1cc(COc2c(Cl)cc(/C=C(\C#N)c3ccc(Br)cc3)cc2OC)ccc1OCc1ccccc1. The molecule has 0 aliphatic rings. The zero-order valence-corrected chi connectivity index (χ0v) is 23.3. The second kappa shape index (κ2) is 13.0. The molecule has 0 bridgehead atoms. The second-order valence-corrected chi connectivity index (χ2v) is 9.58. The summed E-state index contributed by atoms with van der Waals surface area (Å²) >= 11 is 10.0. The van der Waals surface area contributed by atoms with E-state index < -0.39 is 0 Å². The van der Waals surface area contributed by atoms with Gasteiger partial charge in [-0.05, 0) is 64.7 Å². The number of ether oxygens (including phenoxy) is 4. The molecule has 0 atom stereocenters. The Balaban J connectivity index is 1.50. The Hall–Kier alpha value is -3.92. The molecular weight excluding hydrogens is 566 g/mol. The van der Waals surface area contributed by atoms with Crippen LogP contribution >= 0.6 is 27.5 Å². The first kappa shape index (κ1) is 27.1. The van der Waals surface area contributed by atoms with Gasteiger partial charge in [-0.2, -0.15) is 5.26 Å². The fourth-order valence-corrected chi connectivity index (χ4v) is 4.29. The van der Waals surface area contributed by atoms with Gasteiger partial charge in [0, 0.05) is 4.47 Å². The first-order chi connectivity index (χ1) is 18.5. The van der Waals surface area contributed by atoms with E-state index in [1.807, 2.05) is 72.8 Å². The summed E-state index contributed by atoms with van der Waals surface area (Å²) in [6.07, 6.45) is 1.76. The van der Waals surface area contributed by atoms with Crippen LogP contribution < -0.4 is 18.9 Å². The van der Waals surface area contributed by atoms with Crippen LogP contribution in [-0.4, -0.2) is 14.2 Å². The maximum Gasteiger partial charge on any atom is 0.180 e. The Morgan fingerprint density at radius 2 is 1.53 bits per heavy atom. The van der Waals surface area contributed by atoms with Gasteiger partial charge in [0.05, 0.1) is 30.9 Å². The fraction of sp³-hybridized carbons (Fsp3) is 0.129. The fourth-order valence-electron chi connectivity index (χ4n) is 3.75. The minimum atomic E-state index is 0.239. The summed E-state index contributed by atoms with van der Waals surface area (Å²) in [5.74, 6) is 2.13. The van der Waals surface area contributed by atoms with E-state index in [9.17, 15) is 5.26 Å². The Bertz CT molecular complexity index is 1460. The highest BCUT2D eigenvalue weighted by Crippen LogP contribution is 2.38. The van der Waals surface area contributed by atoms with E-state index in [1.54, 1.807) is 32.4 Å². The molecule has 4 aromatic rings. The lowest BCUT2D eigenvalue weighted by molar-refractivity contribution is 0.277. The third kappa shape index (κ3) is 6.89. The van der Waals surface area contributed by atoms with Crippen molar-refractivity contribution >= 4 is 39.2 Å². The average Bonchev–Trinajstić information content (AvgIpc) is 2.95. The number of halogens is 2. The van der Waals surface area contributed by atoms with E-state index in [0.717, 1.165) is 26.7 Å². The van der Waals surface area contributed by atoms with Crippen LogP contribution in [-0.2, 0) is 13.2 Å². The minimum absolute atomic E-state index is 0.239. The molecule has 0 aliphatic carbocycles. The van der Waals surface area contributed by atoms with Gasteiger partial charge in [0.15, 0.2) is 23.0 Å². The molecule has 0 N–H and O–H groups in total. The number of rotatable bonds is 10. The molecular formula is C31H25BrClNO4. The molecule has 0 aromatic heterocycles. The van der Waals surface area contributed by atoms with Gasteiger partial charge >= 0.3 is 0 Å². The molecule has 4 rings (SSSR count). The molecule has 5 nitrogen and oxygen atoms in total. The lowest BCUT2D eigenvalue weighted by atomic mass is 10.0. The lowest BCUT2D eigenvalue weighted by Crippen LogP contribution is -2.01. The molecule has 192 valence electrons. The zero-order valence-electron chi connectivity index (χ0n) is 20.9. The maximum atomic E-state index is 9.69. The Morgan fingerprint density at radius 1 is 0.816 bits per heavy atom. The molecule has 0 aliphatic heterocycles. The first-order valence-corrected chi connectivity index (χ1v) is 12.9. The van der Waals surface area contributed by atoms with E-state index in [2.05, 4.69) is 22.0 Å². The third-order valence-corrected chi connectivity index (χ3v) is 6.50. The highest BCUT2D eigenvalue weighted by molar-refractivity contribution is 9.10. The molecule has 7 heteroatoms. The topological polar surface area (TPSA) is 60.7 Å². The third-order valence-electron chi connectivity index (χ3n) is 5.69. The van der Waals surface area contributed by atoms with Crippen LogP contribution in [0, 0.1) is 11.3 Å². The predicted molar refractivity (Wildman–Crippen MR) is 154 cm³/mol. The van der Waals surface area contributed by atoms with Crippen LogP contribution in [0.4, 0.5) is 0 Å². The van der Waals surface area contributed by atoms with Crippen LogP contribution in [0.2, 0.25) is 5.02 Å². The van der Waals surface area contributed by atoms with Crippen LogP contribution in [0.15, 0.2) is 89.4 Å². The highest BCUT2D eigenvalue weighted by Gasteiger charge is 2.14. The molecule has 0 heterocycles. The predicted octanol–water partition coefficient (Wildman–Crippen LogP) is 8.34. The van der Waals surface area contributed by atoms with Crippen molar-refractivity contribution in [2.24, 2.45) is 0 Å². The van der Waals surface area contributed by atoms with Crippen molar-refractivity contribution in [2.75, 3.05) is 14.2 Å². The van der Waals surface area contributed by atoms with Gasteiger partial charge in [-0.1, -0.05) is 76.1 Å². The van der Waals surface area contributed by atoms with Crippen molar-refractivity contribution in [1.29, 1.82) is 5.26 Å². The standard InChI is InChI=1S/C31H25BrClNO4/c1-35-29-16-22(8-13-28(29)37-19-21-6-4-3-5-7-21)20-38-31-27(33)15-23(17-30(31)36-2)14-25(18-34)24-9-11-26(32)12-10-24/h3-17H,19-20H2,1-2H3/b25-14+. The Kier molecular flexibility index (Phi) is 9.31. The van der Waals surface area contributed by atoms with Crippen molar-refractivity contribution in [2.45, 2.75) is 13.2 Å². The molecule has 0 fully saturated rings. The molecule has 0 unspecified atom stereocenters. The highest BCUT2D eigenvalue weighted by atomic mass is 79.9. The number of methoxy groups -OCH3 is 2. The minimum Gasteiger partial charge on any atom is -0.493 e. The van der Waals surface area contributed by atoms with E-state index in [0.29, 0.717) is 40.2 Å². The van der Waals surface area contributed by atoms with Crippen LogP contribution in [0.25, 0.3) is 11.6 Å². The molecule has 4 aromatic carbocycles. The average molecular weight is 591 g/mol. The number of hydrogen-bond donors (Lipinski definition) is 0. The van der Waals surface area contributed by atoms with Crippen molar-refractivity contribution in [3.8, 4) is 29.1 Å². The van der Waals surface area contributed by atoms with Gasteiger partial charge < -0.3 is 18.9 Å². The van der Waals surface area contributed by atoms with Gasteiger partial charge in [0.1, 0.15) is 13.2 Å². The summed E-state index contributed by atoms with van der Waals surface area (Å²) in [7, 11) is 3.15.